The molecule has 1 amide bonds. The third-order valence-electron chi connectivity index (χ3n) is 4.47. The number of pyridine rings is 1. The largest absolute Gasteiger partial charge is 0.475 e. The average molecular weight is 385 g/mol. The van der Waals surface area contributed by atoms with Crippen molar-refractivity contribution in [3.05, 3.63) is 59.2 Å². The maximum absolute atomic E-state index is 14.9. The summed E-state index contributed by atoms with van der Waals surface area (Å²) in [4.78, 5) is 19.9. The summed E-state index contributed by atoms with van der Waals surface area (Å²) in [7, 11) is 0. The number of nitriles is 1. The molecule has 2 atom stereocenters. The zero-order valence-corrected chi connectivity index (χ0v) is 15.2. The summed E-state index contributed by atoms with van der Waals surface area (Å²) in [6, 6.07) is 8.83. The Morgan fingerprint density at radius 2 is 2.11 bits per heavy atom. The van der Waals surface area contributed by atoms with Gasteiger partial charge in [0, 0.05) is 6.20 Å². The first-order valence-corrected chi connectivity index (χ1v) is 8.31. The van der Waals surface area contributed by atoms with E-state index in [1.165, 1.54) is 50.4 Å². The zero-order chi connectivity index (χ0) is 20.5. The topological polar surface area (TPSA) is 113 Å². The van der Waals surface area contributed by atoms with Crippen LogP contribution in [0.25, 0.3) is 0 Å². The molecular weight excluding hydrogens is 368 g/mol. The molecule has 9 heteroatoms. The van der Waals surface area contributed by atoms with Crippen molar-refractivity contribution in [2.45, 2.75) is 25.2 Å². The maximum atomic E-state index is 14.9. The molecule has 3 rings (SSSR count). The van der Waals surface area contributed by atoms with E-state index in [-0.39, 0.29) is 29.4 Å². The van der Waals surface area contributed by atoms with Crippen LogP contribution >= 0.6 is 0 Å². The van der Waals surface area contributed by atoms with Gasteiger partial charge in [0.2, 0.25) is 11.7 Å². The highest BCUT2D eigenvalue weighted by Crippen LogP contribution is 2.32. The molecular formula is C19H17F2N5O2. The van der Waals surface area contributed by atoms with Crippen molar-refractivity contribution in [3.63, 3.8) is 0 Å². The quantitative estimate of drug-likeness (QED) is 0.788. The van der Waals surface area contributed by atoms with E-state index in [0.717, 1.165) is 0 Å². The van der Waals surface area contributed by atoms with Crippen LogP contribution in [0, 0.1) is 17.1 Å². The number of hydrogen-bond acceptors (Lipinski definition) is 6. The molecule has 1 aromatic heterocycles. The Morgan fingerprint density at radius 1 is 1.36 bits per heavy atom. The maximum Gasteiger partial charge on any atom is 0.274 e. The highest BCUT2D eigenvalue weighted by molar-refractivity contribution is 6.04. The molecule has 1 aliphatic heterocycles. The Kier molecular flexibility index (Phi) is 4.83. The van der Waals surface area contributed by atoms with Crippen molar-refractivity contribution in [2.75, 3.05) is 11.9 Å². The van der Waals surface area contributed by atoms with Crippen molar-refractivity contribution in [1.29, 1.82) is 5.26 Å². The van der Waals surface area contributed by atoms with E-state index < -0.39 is 23.1 Å². The Hall–Kier alpha value is -3.38. The first-order chi connectivity index (χ1) is 13.1. The molecule has 0 unspecified atom stereocenters. The summed E-state index contributed by atoms with van der Waals surface area (Å²) in [5, 5.41) is 11.2. The third kappa shape index (κ3) is 3.54. The van der Waals surface area contributed by atoms with E-state index in [4.69, 9.17) is 15.7 Å². The number of aromatic nitrogens is 1. The van der Waals surface area contributed by atoms with E-state index in [1.54, 1.807) is 0 Å². The Bertz CT molecular complexity index is 994. The number of benzene rings is 1. The second-order valence-corrected chi connectivity index (χ2v) is 6.74. The molecule has 0 aliphatic carbocycles. The smallest absolute Gasteiger partial charge is 0.274 e. The lowest BCUT2D eigenvalue weighted by atomic mass is 9.92. The summed E-state index contributed by atoms with van der Waals surface area (Å²) in [5.74, 6) is -3.90. The molecule has 0 bridgehead atoms. The number of rotatable bonds is 3. The average Bonchev–Trinajstić information content (AvgIpc) is 2.66. The highest BCUT2D eigenvalue weighted by Gasteiger charge is 2.47. The van der Waals surface area contributed by atoms with E-state index >= 15 is 0 Å². The highest BCUT2D eigenvalue weighted by atomic mass is 19.1. The number of halogens is 2. The molecule has 2 aromatic rings. The predicted molar refractivity (Wildman–Crippen MR) is 97.9 cm³/mol. The van der Waals surface area contributed by atoms with Gasteiger partial charge in [-0.1, -0.05) is 6.07 Å². The van der Waals surface area contributed by atoms with Crippen LogP contribution < -0.4 is 11.1 Å². The third-order valence-corrected chi connectivity index (χ3v) is 4.47. The molecule has 3 N–H and O–H groups in total. The molecule has 0 saturated carbocycles. The molecule has 0 radical (unpaired) electrons. The van der Waals surface area contributed by atoms with Gasteiger partial charge in [0.1, 0.15) is 23.9 Å². The van der Waals surface area contributed by atoms with Crippen molar-refractivity contribution < 1.29 is 18.3 Å². The minimum atomic E-state index is -2.15. The monoisotopic (exact) mass is 385 g/mol. The van der Waals surface area contributed by atoms with Crippen LogP contribution in [0.15, 0.2) is 41.5 Å². The summed E-state index contributed by atoms with van der Waals surface area (Å²) in [5.41, 5.74) is 4.51. The molecule has 2 heterocycles. The van der Waals surface area contributed by atoms with Crippen LogP contribution in [0.5, 0.6) is 0 Å². The molecule has 0 saturated heterocycles. The number of carbonyl (C=O) groups is 1. The lowest BCUT2D eigenvalue weighted by molar-refractivity contribution is 0.0293. The van der Waals surface area contributed by atoms with Crippen molar-refractivity contribution in [1.82, 2.24) is 4.98 Å². The van der Waals surface area contributed by atoms with Crippen molar-refractivity contribution in [2.24, 2.45) is 10.7 Å². The van der Waals surface area contributed by atoms with Gasteiger partial charge in [-0.2, -0.15) is 5.26 Å². The fraction of sp³-hybridized carbons (Fsp3) is 0.263. The van der Waals surface area contributed by atoms with E-state index in [9.17, 15) is 13.6 Å². The summed E-state index contributed by atoms with van der Waals surface area (Å²) < 4.78 is 35.0. The predicted octanol–water partition coefficient (Wildman–Crippen LogP) is 2.52. The Balaban J connectivity index is 1.88. The lowest BCUT2D eigenvalue weighted by Gasteiger charge is -2.38. The van der Waals surface area contributed by atoms with Crippen molar-refractivity contribution >= 4 is 17.5 Å². The molecule has 0 fully saturated rings. The first-order valence-electron chi connectivity index (χ1n) is 8.31. The number of ether oxygens (including phenoxy) is 1. The summed E-state index contributed by atoms with van der Waals surface area (Å²) >= 11 is 0. The number of hydrogen-bond donors (Lipinski definition) is 2. The van der Waals surface area contributed by atoms with Crippen molar-refractivity contribution in [3.8, 4) is 6.07 Å². The van der Waals surface area contributed by atoms with Crippen LogP contribution in [0.1, 0.15) is 35.5 Å². The molecule has 7 nitrogen and oxygen atoms in total. The molecule has 1 aromatic carbocycles. The number of aliphatic imine (C=N–C) groups is 1. The molecule has 1 aliphatic rings. The number of amides is 1. The van der Waals surface area contributed by atoms with Gasteiger partial charge in [-0.05, 0) is 38.1 Å². The van der Waals surface area contributed by atoms with Crippen LogP contribution in [0.4, 0.5) is 14.5 Å². The van der Waals surface area contributed by atoms with Gasteiger partial charge in [0.05, 0.1) is 16.8 Å². The van der Waals surface area contributed by atoms with Crippen LogP contribution in [-0.4, -0.2) is 34.7 Å². The van der Waals surface area contributed by atoms with Crippen LogP contribution in [-0.2, 0) is 4.74 Å². The SMILES string of the molecule is C[C@]1(F)N=C(c2cccc(NC(=O)c3ccc(C#N)cn3)c2F)OC[C@@]1(C)N. The number of anilines is 1. The number of carbonyl (C=O) groups excluding carboxylic acids is 1. The fourth-order valence-electron chi connectivity index (χ4n) is 2.41. The van der Waals surface area contributed by atoms with E-state index in [0.29, 0.717) is 5.56 Å². The van der Waals surface area contributed by atoms with Gasteiger partial charge in [0.15, 0.2) is 5.82 Å². The molecule has 144 valence electrons. The molecule has 28 heavy (non-hydrogen) atoms. The van der Waals surface area contributed by atoms with Gasteiger partial charge >= 0.3 is 0 Å². The second kappa shape index (κ2) is 6.98. The normalized spacial score (nSPS) is 23.9. The standard InChI is InChI=1S/C19H17F2N5O2/c1-18(23)10-28-17(26-19(18,2)21)12-4-3-5-13(15(12)20)25-16(27)14-7-6-11(8-22)9-24-14/h3-7,9H,10,23H2,1-2H3,(H,25,27)/t18-,19+/m1/s1. The first kappa shape index (κ1) is 19.4. The van der Waals surface area contributed by atoms with E-state index in [1.807, 2.05) is 6.07 Å². The minimum absolute atomic E-state index is 0.00490. The van der Waals surface area contributed by atoms with E-state index in [2.05, 4.69) is 15.3 Å². The van der Waals surface area contributed by atoms with Gasteiger partial charge in [-0.25, -0.2) is 18.8 Å². The number of nitrogens with two attached hydrogens (primary N) is 1. The fourth-order valence-corrected chi connectivity index (χ4v) is 2.41. The molecule has 0 spiro atoms. The van der Waals surface area contributed by atoms with Gasteiger partial charge in [0.25, 0.3) is 5.91 Å². The Morgan fingerprint density at radius 3 is 2.71 bits per heavy atom. The number of nitrogens with one attached hydrogen (secondary N) is 1. The number of alkyl halides is 1. The summed E-state index contributed by atoms with van der Waals surface area (Å²) in [6.45, 7) is 2.45. The van der Waals surface area contributed by atoms with Crippen LogP contribution in [0.2, 0.25) is 0 Å². The zero-order valence-electron chi connectivity index (χ0n) is 15.2. The second-order valence-electron chi connectivity index (χ2n) is 6.74. The summed E-state index contributed by atoms with van der Waals surface area (Å²) in [6.07, 6.45) is 1.23. The minimum Gasteiger partial charge on any atom is -0.475 e. The van der Waals surface area contributed by atoms with Gasteiger partial charge < -0.3 is 15.8 Å². The number of nitrogens with zero attached hydrogens (tertiary/aromatic N) is 3. The van der Waals surface area contributed by atoms with Gasteiger partial charge in [-0.15, -0.1) is 0 Å². The Labute approximate surface area is 159 Å². The van der Waals surface area contributed by atoms with Crippen LogP contribution in [0.3, 0.4) is 0 Å². The lowest BCUT2D eigenvalue weighted by Crippen LogP contribution is -2.59. The van der Waals surface area contributed by atoms with Gasteiger partial charge in [-0.3, -0.25) is 4.79 Å².